The normalized spacial score (nSPS) is 11.5. The van der Waals surface area contributed by atoms with Gasteiger partial charge in [0.25, 0.3) is 0 Å². The molecule has 0 amide bonds. The molecule has 0 heterocycles. The Morgan fingerprint density at radius 1 is 1.09 bits per heavy atom. The van der Waals surface area contributed by atoms with E-state index in [0.717, 1.165) is 11.1 Å². The molecule has 0 saturated carbocycles. The molecule has 5 heteroatoms. The highest BCUT2D eigenvalue weighted by molar-refractivity contribution is 7.87. The summed E-state index contributed by atoms with van der Waals surface area (Å²) in [7, 11) is -3.99. The maximum atomic E-state index is 12.5. The van der Waals surface area contributed by atoms with Crippen LogP contribution in [-0.2, 0) is 10.1 Å². The van der Waals surface area contributed by atoms with Crippen LogP contribution in [0.4, 0.5) is 0 Å². The first kappa shape index (κ1) is 17.2. The van der Waals surface area contributed by atoms with E-state index in [2.05, 4.69) is 0 Å². The van der Waals surface area contributed by atoms with Crippen LogP contribution in [0.15, 0.2) is 47.4 Å². The Morgan fingerprint density at radius 2 is 1.78 bits per heavy atom. The van der Waals surface area contributed by atoms with E-state index >= 15 is 0 Å². The Hall–Kier alpha value is -2.14. The van der Waals surface area contributed by atoms with Gasteiger partial charge in [0.1, 0.15) is 10.6 Å². The zero-order valence-electron chi connectivity index (χ0n) is 13.7. The summed E-state index contributed by atoms with van der Waals surface area (Å²) in [5.41, 5.74) is 2.07. The van der Waals surface area contributed by atoms with E-state index in [1.165, 1.54) is 25.1 Å². The number of aryl methyl sites for hydroxylation is 1. The molecule has 122 valence electrons. The van der Waals surface area contributed by atoms with E-state index in [9.17, 15) is 13.2 Å². The summed E-state index contributed by atoms with van der Waals surface area (Å²) in [6.45, 7) is 7.21. The summed E-state index contributed by atoms with van der Waals surface area (Å²) in [5.74, 6) is 0.262. The molecular formula is C18H20O4S. The van der Waals surface area contributed by atoms with Crippen molar-refractivity contribution in [2.24, 2.45) is 0 Å². The minimum absolute atomic E-state index is 0.0265. The Kier molecular flexibility index (Phi) is 4.90. The monoisotopic (exact) mass is 332 g/mol. The van der Waals surface area contributed by atoms with Gasteiger partial charge in [-0.25, -0.2) is 0 Å². The standard InChI is InChI=1S/C18H20O4S/c1-12(2)17-9-8-13(3)10-18(17)22-23(20,21)16-7-5-6-15(11-16)14(4)19/h5-12H,1-4H3. The predicted octanol–water partition coefficient (Wildman–Crippen LogP) is 4.09. The third-order valence-electron chi connectivity index (χ3n) is 3.52. The van der Waals surface area contributed by atoms with Crippen LogP contribution in [0.2, 0.25) is 0 Å². The van der Waals surface area contributed by atoms with E-state index in [4.69, 9.17) is 4.18 Å². The maximum absolute atomic E-state index is 12.5. The number of carbonyl (C=O) groups is 1. The summed E-state index contributed by atoms with van der Waals surface area (Å²) in [6.07, 6.45) is 0. The van der Waals surface area contributed by atoms with Gasteiger partial charge in [0.05, 0.1) is 0 Å². The fourth-order valence-corrected chi connectivity index (χ4v) is 3.22. The highest BCUT2D eigenvalue weighted by Gasteiger charge is 2.20. The lowest BCUT2D eigenvalue weighted by molar-refractivity contribution is 0.101. The van der Waals surface area contributed by atoms with Crippen molar-refractivity contribution in [3.05, 3.63) is 59.2 Å². The van der Waals surface area contributed by atoms with Crippen LogP contribution in [0.3, 0.4) is 0 Å². The summed E-state index contributed by atoms with van der Waals surface area (Å²) in [4.78, 5) is 11.4. The molecule has 4 nitrogen and oxygen atoms in total. The number of Topliss-reactive ketones (excluding diaryl/α,β-unsaturated/α-hetero) is 1. The SMILES string of the molecule is CC(=O)c1cccc(S(=O)(=O)Oc2cc(C)ccc2C(C)C)c1. The largest absolute Gasteiger partial charge is 0.379 e. The Bertz CT molecular complexity index is 836. The van der Waals surface area contributed by atoms with Gasteiger partial charge >= 0.3 is 10.1 Å². The lowest BCUT2D eigenvalue weighted by Gasteiger charge is -2.14. The lowest BCUT2D eigenvalue weighted by Crippen LogP contribution is -2.12. The molecule has 0 aliphatic heterocycles. The third kappa shape index (κ3) is 3.99. The molecule has 0 fully saturated rings. The number of carbonyl (C=O) groups excluding carboxylic acids is 1. The summed E-state index contributed by atoms with van der Waals surface area (Å²) in [5, 5.41) is 0. The first-order chi connectivity index (χ1) is 10.7. The Balaban J connectivity index is 2.45. The molecule has 2 aromatic rings. The number of rotatable bonds is 5. The predicted molar refractivity (Wildman–Crippen MR) is 89.5 cm³/mol. The van der Waals surface area contributed by atoms with Crippen LogP contribution >= 0.6 is 0 Å². The van der Waals surface area contributed by atoms with Gasteiger partial charge < -0.3 is 4.18 Å². The van der Waals surface area contributed by atoms with E-state index in [1.54, 1.807) is 12.1 Å². The van der Waals surface area contributed by atoms with Gasteiger partial charge in [0.15, 0.2) is 5.78 Å². The molecule has 0 spiro atoms. The van der Waals surface area contributed by atoms with Gasteiger partial charge in [-0.2, -0.15) is 8.42 Å². The van der Waals surface area contributed by atoms with Gasteiger partial charge in [-0.1, -0.05) is 38.1 Å². The summed E-state index contributed by atoms with van der Waals surface area (Å²) in [6, 6.07) is 11.4. The molecule has 0 bridgehead atoms. The number of benzene rings is 2. The van der Waals surface area contributed by atoms with Crippen molar-refractivity contribution in [3.8, 4) is 5.75 Å². The molecule has 2 rings (SSSR count). The Labute approximate surface area is 137 Å². The molecule has 0 saturated heterocycles. The van der Waals surface area contributed by atoms with Gasteiger partial charge in [-0.3, -0.25) is 4.79 Å². The third-order valence-corrected chi connectivity index (χ3v) is 4.75. The summed E-state index contributed by atoms with van der Waals surface area (Å²) < 4.78 is 30.4. The number of hydrogen-bond acceptors (Lipinski definition) is 4. The molecule has 0 aliphatic rings. The average Bonchev–Trinajstić information content (AvgIpc) is 2.46. The minimum atomic E-state index is -3.99. The van der Waals surface area contributed by atoms with E-state index < -0.39 is 10.1 Å². The van der Waals surface area contributed by atoms with Crippen molar-refractivity contribution in [1.82, 2.24) is 0 Å². The van der Waals surface area contributed by atoms with Gasteiger partial charge in [0.2, 0.25) is 0 Å². The molecule has 0 aromatic heterocycles. The molecule has 2 aromatic carbocycles. The second-order valence-electron chi connectivity index (χ2n) is 5.82. The summed E-state index contributed by atoms with van der Waals surface area (Å²) >= 11 is 0. The molecule has 0 N–H and O–H groups in total. The minimum Gasteiger partial charge on any atom is -0.379 e. The topological polar surface area (TPSA) is 60.4 Å². The fourth-order valence-electron chi connectivity index (χ4n) is 2.23. The van der Waals surface area contributed by atoms with Crippen LogP contribution in [0, 0.1) is 6.92 Å². The fraction of sp³-hybridized carbons (Fsp3) is 0.278. The highest BCUT2D eigenvalue weighted by Crippen LogP contribution is 2.30. The van der Waals surface area contributed by atoms with E-state index in [-0.39, 0.29) is 16.6 Å². The second-order valence-corrected chi connectivity index (χ2v) is 7.36. The zero-order chi connectivity index (χ0) is 17.2. The van der Waals surface area contributed by atoms with Gasteiger partial charge in [0, 0.05) is 5.56 Å². The Morgan fingerprint density at radius 3 is 2.39 bits per heavy atom. The molecule has 23 heavy (non-hydrogen) atoms. The van der Waals surface area contributed by atoms with Crippen molar-refractivity contribution >= 4 is 15.9 Å². The van der Waals surface area contributed by atoms with E-state index in [0.29, 0.717) is 11.3 Å². The van der Waals surface area contributed by atoms with Crippen molar-refractivity contribution in [2.45, 2.75) is 38.5 Å². The van der Waals surface area contributed by atoms with Crippen LogP contribution in [0.1, 0.15) is 48.2 Å². The van der Waals surface area contributed by atoms with Gasteiger partial charge in [-0.05, 0) is 49.1 Å². The average molecular weight is 332 g/mol. The quantitative estimate of drug-likeness (QED) is 0.611. The molecule has 0 atom stereocenters. The van der Waals surface area contributed by atoms with Crippen LogP contribution in [-0.4, -0.2) is 14.2 Å². The number of hydrogen-bond donors (Lipinski definition) is 0. The maximum Gasteiger partial charge on any atom is 0.339 e. The first-order valence-corrected chi connectivity index (χ1v) is 8.77. The smallest absolute Gasteiger partial charge is 0.339 e. The van der Waals surface area contributed by atoms with Crippen molar-refractivity contribution in [2.75, 3.05) is 0 Å². The van der Waals surface area contributed by atoms with Crippen molar-refractivity contribution < 1.29 is 17.4 Å². The van der Waals surface area contributed by atoms with Gasteiger partial charge in [-0.15, -0.1) is 0 Å². The highest BCUT2D eigenvalue weighted by atomic mass is 32.2. The molecule has 0 radical (unpaired) electrons. The van der Waals surface area contributed by atoms with Crippen molar-refractivity contribution in [3.63, 3.8) is 0 Å². The second kappa shape index (κ2) is 6.54. The lowest BCUT2D eigenvalue weighted by atomic mass is 10.0. The zero-order valence-corrected chi connectivity index (χ0v) is 14.5. The number of ketones is 1. The first-order valence-electron chi connectivity index (χ1n) is 7.37. The van der Waals surface area contributed by atoms with Crippen LogP contribution in [0.5, 0.6) is 5.75 Å². The van der Waals surface area contributed by atoms with Crippen molar-refractivity contribution in [1.29, 1.82) is 0 Å². The molecule has 0 aliphatic carbocycles. The van der Waals surface area contributed by atoms with Crippen LogP contribution < -0.4 is 4.18 Å². The van der Waals surface area contributed by atoms with E-state index in [1.807, 2.05) is 32.9 Å². The van der Waals surface area contributed by atoms with Crippen LogP contribution in [0.25, 0.3) is 0 Å². The molecular weight excluding hydrogens is 312 g/mol. The molecule has 0 unspecified atom stereocenters.